The Labute approximate surface area is 357 Å². The lowest BCUT2D eigenvalue weighted by atomic mass is 9.89. The predicted octanol–water partition coefficient (Wildman–Crippen LogP) is 4.43. The van der Waals surface area contributed by atoms with E-state index in [4.69, 9.17) is 22.4 Å². The number of Topliss-reactive ketones (excluding diaryl/α,β-unsaturated/α-hetero) is 6. The maximum atomic E-state index is 11.5. The number of aromatic amines is 3. The Balaban J connectivity index is 0.000000148. The highest BCUT2D eigenvalue weighted by Crippen LogP contribution is 2.24. The number of pyridine rings is 4. The third-order valence-electron chi connectivity index (χ3n) is 10.7. The molecule has 9 rings (SSSR count). The Morgan fingerprint density at radius 1 is 0.548 bits per heavy atom. The van der Waals surface area contributed by atoms with E-state index in [0.717, 1.165) is 48.8 Å². The number of primary amides is 1. The summed E-state index contributed by atoms with van der Waals surface area (Å²) in [6.07, 6.45) is 16.0. The van der Waals surface area contributed by atoms with E-state index in [9.17, 15) is 52.7 Å². The molecule has 0 aliphatic heterocycles. The summed E-state index contributed by atoms with van der Waals surface area (Å²) in [6, 6.07) is 3.31. The maximum Gasteiger partial charge on any atom is 0.341 e. The SMILES string of the molecule is NC(=O)c1c2c(c[nH]c1=O)C(=O)CCC2.O=C1CCCC(=O)C1.O=C1CCCc2c1c[nH]c(=O)c2C(=O)O.O=C1CCCc2cc(=O)[nH]cc21.O=C1CCCc2cc(Cl)ncc21. The third kappa shape index (κ3) is 11.7. The van der Waals surface area contributed by atoms with Crippen molar-refractivity contribution in [3.05, 3.63) is 129 Å². The van der Waals surface area contributed by atoms with Crippen molar-refractivity contribution in [2.24, 2.45) is 5.73 Å². The van der Waals surface area contributed by atoms with Crippen molar-refractivity contribution in [3.63, 3.8) is 0 Å². The number of rotatable bonds is 2. The van der Waals surface area contributed by atoms with Gasteiger partial charge in [0.25, 0.3) is 17.0 Å². The van der Waals surface area contributed by atoms with Crippen LogP contribution in [0.3, 0.4) is 0 Å². The molecule has 4 aromatic heterocycles. The highest BCUT2D eigenvalue weighted by molar-refractivity contribution is 6.29. The topological polar surface area (TPSA) is 294 Å². The largest absolute Gasteiger partial charge is 0.477 e. The second-order valence-corrected chi connectivity index (χ2v) is 15.4. The standard InChI is InChI=1S/C10H10N2O3.C10H9NO4.C9H8ClNO.C9H9NO2.C6H8O2/c11-9(14)8-5-2-1-3-7(13)6(5)4-12-10(8)15;12-7-3-1-2-5-6(7)4-11-9(13)8(5)10(14)15;10-9-4-6-2-1-3-8(12)7(6)5-11-9;11-8-3-1-2-6-4-9(12)10-5-7(6)8;7-5-2-1-3-6(8)4-5/h4H,1-3H2,(H2,11,14)(H,12,15);4H,1-3H2,(H,11,13)(H,14,15);4-5H,1-3H2;4-5H,1-3H2,(H,10,12);1-4H2. The van der Waals surface area contributed by atoms with Crippen LogP contribution in [0.15, 0.2) is 51.3 Å². The van der Waals surface area contributed by atoms with Crippen molar-refractivity contribution in [2.75, 3.05) is 0 Å². The summed E-state index contributed by atoms with van der Waals surface area (Å²) in [4.78, 5) is 133. The van der Waals surface area contributed by atoms with E-state index < -0.39 is 23.0 Å². The molecule has 1 fully saturated rings. The van der Waals surface area contributed by atoms with Crippen LogP contribution in [0.2, 0.25) is 5.15 Å². The first-order chi connectivity index (χ1) is 29.5. The number of carboxylic acids is 1. The lowest BCUT2D eigenvalue weighted by Crippen LogP contribution is -2.29. The number of aromatic nitrogens is 4. The number of aromatic carboxylic acids is 1. The number of carboxylic acid groups (broad SMARTS) is 1. The van der Waals surface area contributed by atoms with E-state index in [-0.39, 0.29) is 57.8 Å². The van der Waals surface area contributed by atoms with E-state index in [1.807, 2.05) is 0 Å². The van der Waals surface area contributed by atoms with Gasteiger partial charge in [-0.05, 0) is 86.1 Å². The molecule has 0 aromatic carbocycles. The molecular formula is C44H44ClN5O12. The maximum absolute atomic E-state index is 11.5. The van der Waals surface area contributed by atoms with Crippen molar-refractivity contribution < 1.29 is 43.5 Å². The Hall–Kier alpha value is -6.75. The Bertz CT molecular complexity index is 2550. The molecule has 1 saturated carbocycles. The van der Waals surface area contributed by atoms with Crippen molar-refractivity contribution in [1.29, 1.82) is 0 Å². The van der Waals surface area contributed by atoms with Gasteiger partial charge in [0.05, 0.1) is 6.42 Å². The van der Waals surface area contributed by atoms with Crippen LogP contribution in [0, 0.1) is 0 Å². The second-order valence-electron chi connectivity index (χ2n) is 15.1. The van der Waals surface area contributed by atoms with E-state index in [0.29, 0.717) is 97.2 Å². The highest BCUT2D eigenvalue weighted by Gasteiger charge is 2.26. The van der Waals surface area contributed by atoms with Gasteiger partial charge in [-0.15, -0.1) is 0 Å². The molecule has 0 spiro atoms. The summed E-state index contributed by atoms with van der Waals surface area (Å²) < 4.78 is 0. The highest BCUT2D eigenvalue weighted by atomic mass is 35.5. The van der Waals surface area contributed by atoms with Gasteiger partial charge in [-0.25, -0.2) is 9.78 Å². The van der Waals surface area contributed by atoms with Crippen LogP contribution in [0.5, 0.6) is 0 Å². The molecule has 5 aliphatic rings. The predicted molar refractivity (Wildman–Crippen MR) is 223 cm³/mol. The van der Waals surface area contributed by atoms with Gasteiger partial charge >= 0.3 is 5.97 Å². The Morgan fingerprint density at radius 2 is 0.984 bits per heavy atom. The first kappa shape index (κ1) is 46.3. The number of hydrogen-bond acceptors (Lipinski definition) is 12. The van der Waals surface area contributed by atoms with Crippen LogP contribution in [0.4, 0.5) is 0 Å². The summed E-state index contributed by atoms with van der Waals surface area (Å²) in [6.45, 7) is 0. The number of ketones is 6. The molecule has 17 nitrogen and oxygen atoms in total. The van der Waals surface area contributed by atoms with Gasteiger partial charge in [0.15, 0.2) is 23.1 Å². The van der Waals surface area contributed by atoms with Gasteiger partial charge in [0.2, 0.25) is 5.56 Å². The number of nitrogens with two attached hydrogens (primary N) is 1. The number of carbonyl (C=O) groups excluding carboxylic acids is 7. The third-order valence-corrected chi connectivity index (χ3v) is 10.9. The summed E-state index contributed by atoms with van der Waals surface area (Å²) >= 11 is 5.70. The number of nitrogens with zero attached hydrogens (tertiary/aromatic N) is 1. The molecule has 0 bridgehead atoms. The molecule has 324 valence electrons. The molecule has 4 heterocycles. The molecule has 0 unspecified atom stereocenters. The number of amides is 1. The molecule has 62 heavy (non-hydrogen) atoms. The monoisotopic (exact) mass is 869 g/mol. The number of halogens is 1. The average Bonchev–Trinajstić information content (AvgIpc) is 3.21. The number of aryl methyl sites for hydroxylation is 2. The smallest absolute Gasteiger partial charge is 0.341 e. The summed E-state index contributed by atoms with van der Waals surface area (Å²) in [5.74, 6) is -1.63. The van der Waals surface area contributed by atoms with Crippen LogP contribution in [0.1, 0.15) is 161 Å². The van der Waals surface area contributed by atoms with Gasteiger partial charge in [0, 0.05) is 91.6 Å². The van der Waals surface area contributed by atoms with Crippen molar-refractivity contribution in [3.8, 4) is 0 Å². The fourth-order valence-corrected chi connectivity index (χ4v) is 7.88. The molecule has 0 saturated heterocycles. The first-order valence-electron chi connectivity index (χ1n) is 20.1. The lowest BCUT2D eigenvalue weighted by molar-refractivity contribution is -0.129. The number of fused-ring (bicyclic) bond motifs is 4. The Kier molecular flexibility index (Phi) is 15.8. The summed E-state index contributed by atoms with van der Waals surface area (Å²) in [5, 5.41) is 9.35. The minimum absolute atomic E-state index is 0.0463. The summed E-state index contributed by atoms with van der Waals surface area (Å²) in [5.41, 5.74) is 8.52. The van der Waals surface area contributed by atoms with Crippen LogP contribution in [-0.2, 0) is 35.3 Å². The van der Waals surface area contributed by atoms with Gasteiger partial charge in [0.1, 0.15) is 27.8 Å². The van der Waals surface area contributed by atoms with Gasteiger partial charge in [-0.2, -0.15) is 0 Å². The minimum Gasteiger partial charge on any atom is -0.477 e. The van der Waals surface area contributed by atoms with Crippen LogP contribution >= 0.6 is 11.6 Å². The van der Waals surface area contributed by atoms with Crippen molar-refractivity contribution >= 4 is 58.2 Å². The van der Waals surface area contributed by atoms with Crippen LogP contribution in [0.25, 0.3) is 0 Å². The fourth-order valence-electron chi connectivity index (χ4n) is 7.70. The molecule has 4 aromatic rings. The molecule has 0 atom stereocenters. The number of H-pyrrole nitrogens is 3. The second kappa shape index (κ2) is 21.2. The zero-order chi connectivity index (χ0) is 45.1. The molecular weight excluding hydrogens is 826 g/mol. The number of carbonyl (C=O) groups is 8. The minimum atomic E-state index is -1.28. The zero-order valence-electron chi connectivity index (χ0n) is 33.6. The van der Waals surface area contributed by atoms with Crippen LogP contribution < -0.4 is 22.4 Å². The zero-order valence-corrected chi connectivity index (χ0v) is 34.4. The normalized spacial score (nSPS) is 16.1. The van der Waals surface area contributed by atoms with E-state index in [1.54, 1.807) is 12.3 Å². The average molecular weight is 870 g/mol. The van der Waals surface area contributed by atoms with Crippen molar-refractivity contribution in [1.82, 2.24) is 19.9 Å². The molecule has 5 aliphatic carbocycles. The number of nitrogens with one attached hydrogen (secondary N) is 3. The van der Waals surface area contributed by atoms with E-state index in [1.165, 1.54) is 24.7 Å². The van der Waals surface area contributed by atoms with E-state index >= 15 is 0 Å². The fraction of sp³-hybridized carbons (Fsp3) is 0.364. The lowest BCUT2D eigenvalue weighted by Gasteiger charge is -2.15. The van der Waals surface area contributed by atoms with Crippen LogP contribution in [-0.4, -0.2) is 71.6 Å². The quantitative estimate of drug-likeness (QED) is 0.138. The number of hydrogen-bond donors (Lipinski definition) is 5. The molecule has 18 heteroatoms. The van der Waals surface area contributed by atoms with Gasteiger partial charge < -0.3 is 25.8 Å². The van der Waals surface area contributed by atoms with Gasteiger partial charge in [-0.1, -0.05) is 11.6 Å². The molecule has 0 radical (unpaired) electrons. The Morgan fingerprint density at radius 3 is 1.48 bits per heavy atom. The van der Waals surface area contributed by atoms with E-state index in [2.05, 4.69) is 19.9 Å². The molecule has 1 amide bonds. The summed E-state index contributed by atoms with van der Waals surface area (Å²) in [7, 11) is 0. The van der Waals surface area contributed by atoms with Crippen molar-refractivity contribution in [2.45, 2.75) is 103 Å². The van der Waals surface area contributed by atoms with Gasteiger partial charge in [-0.3, -0.25) is 47.9 Å². The molecule has 6 N–H and O–H groups in total. The first-order valence-corrected chi connectivity index (χ1v) is 20.5.